The molecule has 1 amide bonds. The van der Waals surface area contributed by atoms with E-state index in [1.54, 1.807) is 23.0 Å². The summed E-state index contributed by atoms with van der Waals surface area (Å²) in [5, 5.41) is 12.9. The van der Waals surface area contributed by atoms with Gasteiger partial charge in [0, 0.05) is 24.7 Å². The fraction of sp³-hybridized carbons (Fsp3) is 0.350. The maximum absolute atomic E-state index is 14.0. The molecule has 7 heteroatoms. The quantitative estimate of drug-likeness (QED) is 0.731. The summed E-state index contributed by atoms with van der Waals surface area (Å²) in [6.07, 6.45) is 3.20. The summed E-state index contributed by atoms with van der Waals surface area (Å²) in [4.78, 5) is 14.2. The molecule has 0 bridgehead atoms. The third-order valence-corrected chi connectivity index (χ3v) is 4.67. The summed E-state index contributed by atoms with van der Waals surface area (Å²) in [6, 6.07) is 7.46. The van der Waals surface area contributed by atoms with E-state index in [0.717, 1.165) is 0 Å². The molecule has 27 heavy (non-hydrogen) atoms. The number of rotatable bonds is 6. The summed E-state index contributed by atoms with van der Waals surface area (Å²) >= 11 is 0. The summed E-state index contributed by atoms with van der Waals surface area (Å²) in [5.74, 6) is -0.709. The van der Waals surface area contributed by atoms with Crippen molar-refractivity contribution in [3.8, 4) is 6.07 Å². The van der Waals surface area contributed by atoms with E-state index in [2.05, 4.69) is 11.7 Å². The number of nitrogens with zero attached hydrogens (tertiary/aromatic N) is 4. The van der Waals surface area contributed by atoms with Gasteiger partial charge in [0.2, 0.25) is 5.91 Å². The van der Waals surface area contributed by atoms with Crippen LogP contribution in [-0.2, 0) is 11.3 Å². The van der Waals surface area contributed by atoms with Crippen molar-refractivity contribution in [2.24, 2.45) is 0 Å². The number of carbonyl (C=O) groups is 1. The van der Waals surface area contributed by atoms with Gasteiger partial charge in [0.05, 0.1) is 24.3 Å². The molecule has 1 saturated heterocycles. The Bertz CT molecular complexity index is 886. The smallest absolute Gasteiger partial charge is 0.249 e. The lowest BCUT2D eigenvalue weighted by molar-refractivity contribution is -0.128. The molecule has 1 aromatic heterocycles. The van der Waals surface area contributed by atoms with Crippen molar-refractivity contribution in [1.82, 2.24) is 14.7 Å². The molecule has 2 atom stereocenters. The molecule has 0 aliphatic carbocycles. The minimum atomic E-state index is -1.14. The van der Waals surface area contributed by atoms with Crippen LogP contribution >= 0.6 is 0 Å². The molecule has 2 heterocycles. The zero-order valence-electron chi connectivity index (χ0n) is 14.8. The molecule has 3 rings (SSSR count). The molecule has 0 saturated carbocycles. The van der Waals surface area contributed by atoms with Crippen molar-refractivity contribution in [2.45, 2.75) is 38.0 Å². The molecule has 0 N–H and O–H groups in total. The molecular formula is C20H20F2N4O. The van der Waals surface area contributed by atoms with E-state index < -0.39 is 18.0 Å². The van der Waals surface area contributed by atoms with Crippen molar-refractivity contribution in [3.63, 3.8) is 0 Å². The average molecular weight is 370 g/mol. The lowest BCUT2D eigenvalue weighted by Crippen LogP contribution is -2.32. The summed E-state index contributed by atoms with van der Waals surface area (Å²) in [7, 11) is 0. The highest BCUT2D eigenvalue weighted by Crippen LogP contribution is 2.35. The van der Waals surface area contributed by atoms with Gasteiger partial charge in [-0.15, -0.1) is 0 Å². The van der Waals surface area contributed by atoms with Gasteiger partial charge in [0.15, 0.2) is 0 Å². The first-order valence-electron chi connectivity index (χ1n) is 8.78. The number of aryl methyl sites for hydroxylation is 1. The van der Waals surface area contributed by atoms with Gasteiger partial charge in [-0.3, -0.25) is 9.48 Å². The third kappa shape index (κ3) is 4.40. The van der Waals surface area contributed by atoms with Crippen molar-refractivity contribution in [1.29, 1.82) is 5.26 Å². The van der Waals surface area contributed by atoms with E-state index >= 15 is 0 Å². The number of benzene rings is 1. The number of alkyl halides is 1. The minimum absolute atomic E-state index is 0.0102. The highest BCUT2D eigenvalue weighted by atomic mass is 19.1. The van der Waals surface area contributed by atoms with Crippen molar-refractivity contribution < 1.29 is 13.6 Å². The third-order valence-electron chi connectivity index (χ3n) is 4.67. The Hall–Kier alpha value is -3.01. The number of hydrogen-bond donors (Lipinski definition) is 0. The normalized spacial score (nSPS) is 19.1. The van der Waals surface area contributed by atoms with Crippen molar-refractivity contribution in [2.75, 3.05) is 6.54 Å². The van der Waals surface area contributed by atoms with Crippen LogP contribution in [0.2, 0.25) is 0 Å². The second kappa shape index (κ2) is 8.12. The maximum Gasteiger partial charge on any atom is 0.249 e. The van der Waals surface area contributed by atoms with Crippen LogP contribution in [0.4, 0.5) is 8.78 Å². The number of halogens is 2. The second-order valence-corrected chi connectivity index (χ2v) is 6.67. The fourth-order valence-electron chi connectivity index (χ4n) is 3.35. The first kappa shape index (κ1) is 18.8. The monoisotopic (exact) mass is 370 g/mol. The van der Waals surface area contributed by atoms with Gasteiger partial charge in [0.1, 0.15) is 18.1 Å². The molecule has 1 aliphatic rings. The lowest BCUT2D eigenvalue weighted by Gasteiger charge is -2.25. The highest BCUT2D eigenvalue weighted by Gasteiger charge is 2.36. The SMILES string of the molecule is C=C(CCCn1cc(C#N)cn1)C(=O)N1CC(F)CC1c1cccc(F)c1. The van der Waals surface area contributed by atoms with Crippen LogP contribution in [0, 0.1) is 17.1 Å². The van der Waals surface area contributed by atoms with Gasteiger partial charge >= 0.3 is 0 Å². The fourth-order valence-corrected chi connectivity index (χ4v) is 3.35. The van der Waals surface area contributed by atoms with Gasteiger partial charge in [-0.1, -0.05) is 18.7 Å². The molecule has 1 aromatic carbocycles. The highest BCUT2D eigenvalue weighted by molar-refractivity contribution is 5.93. The minimum Gasteiger partial charge on any atom is -0.329 e. The Morgan fingerprint density at radius 2 is 2.26 bits per heavy atom. The Balaban J connectivity index is 1.60. The Labute approximate surface area is 156 Å². The maximum atomic E-state index is 14.0. The molecular weight excluding hydrogens is 350 g/mol. The van der Waals surface area contributed by atoms with Crippen molar-refractivity contribution in [3.05, 3.63) is 65.8 Å². The predicted octanol–water partition coefficient (Wildman–Crippen LogP) is 3.54. The van der Waals surface area contributed by atoms with Crippen molar-refractivity contribution >= 4 is 5.91 Å². The first-order valence-corrected chi connectivity index (χ1v) is 8.78. The second-order valence-electron chi connectivity index (χ2n) is 6.67. The van der Waals surface area contributed by atoms with Gasteiger partial charge in [-0.2, -0.15) is 10.4 Å². The molecule has 5 nitrogen and oxygen atoms in total. The average Bonchev–Trinajstić information content (AvgIpc) is 3.27. The number of carbonyl (C=O) groups excluding carboxylic acids is 1. The van der Waals surface area contributed by atoms with E-state index in [-0.39, 0.29) is 18.9 Å². The zero-order valence-corrected chi connectivity index (χ0v) is 14.8. The molecule has 0 radical (unpaired) electrons. The van der Waals surface area contributed by atoms with Crippen LogP contribution in [0.5, 0.6) is 0 Å². The predicted molar refractivity (Wildman–Crippen MR) is 95.7 cm³/mol. The Morgan fingerprint density at radius 1 is 1.44 bits per heavy atom. The van der Waals surface area contributed by atoms with Crippen LogP contribution < -0.4 is 0 Å². The van der Waals surface area contributed by atoms with Gasteiger partial charge in [-0.25, -0.2) is 8.78 Å². The number of hydrogen-bond acceptors (Lipinski definition) is 3. The number of likely N-dealkylation sites (tertiary alicyclic amines) is 1. The number of amides is 1. The zero-order chi connectivity index (χ0) is 19.4. The van der Waals surface area contributed by atoms with E-state index in [1.807, 2.05) is 6.07 Å². The lowest BCUT2D eigenvalue weighted by atomic mass is 10.0. The topological polar surface area (TPSA) is 61.9 Å². The summed E-state index contributed by atoms with van der Waals surface area (Å²) in [5.41, 5.74) is 1.46. The number of aromatic nitrogens is 2. The summed E-state index contributed by atoms with van der Waals surface area (Å²) in [6.45, 7) is 4.39. The molecule has 1 fully saturated rings. The molecule has 2 aromatic rings. The van der Waals surface area contributed by atoms with E-state index in [0.29, 0.717) is 36.1 Å². The van der Waals surface area contributed by atoms with E-state index in [1.165, 1.54) is 23.2 Å². The largest absolute Gasteiger partial charge is 0.329 e. The van der Waals surface area contributed by atoms with Crippen LogP contribution in [0.15, 0.2) is 48.8 Å². The van der Waals surface area contributed by atoms with Gasteiger partial charge in [-0.05, 0) is 30.5 Å². The van der Waals surface area contributed by atoms with E-state index in [9.17, 15) is 13.6 Å². The van der Waals surface area contributed by atoms with Crippen LogP contribution in [0.25, 0.3) is 0 Å². The Morgan fingerprint density at radius 3 is 2.96 bits per heavy atom. The van der Waals surface area contributed by atoms with Gasteiger partial charge in [0.25, 0.3) is 0 Å². The van der Waals surface area contributed by atoms with E-state index in [4.69, 9.17) is 5.26 Å². The van der Waals surface area contributed by atoms with Crippen LogP contribution in [0.1, 0.15) is 36.4 Å². The molecule has 2 unspecified atom stereocenters. The molecule has 0 spiro atoms. The Kier molecular flexibility index (Phi) is 5.65. The first-order chi connectivity index (χ1) is 13.0. The molecule has 1 aliphatic heterocycles. The molecule has 140 valence electrons. The van der Waals surface area contributed by atoms with Gasteiger partial charge < -0.3 is 4.90 Å². The summed E-state index contributed by atoms with van der Waals surface area (Å²) < 4.78 is 29.1. The van der Waals surface area contributed by atoms with Crippen LogP contribution in [-0.4, -0.2) is 33.3 Å². The number of nitriles is 1. The standard InChI is InChI=1S/C20H20F2N4O/c1-14(4-3-7-25-12-15(10-23)11-24-25)20(27)26-13-18(22)9-19(26)16-5-2-6-17(21)8-16/h2,5-6,8,11-12,18-19H,1,3-4,7,9,13H2. The van der Waals surface area contributed by atoms with Crippen LogP contribution in [0.3, 0.4) is 0 Å².